The average Bonchev–Trinajstić information content (AvgIpc) is 2.66. The third-order valence-corrected chi connectivity index (χ3v) is 4.99. The van der Waals surface area contributed by atoms with E-state index in [1.54, 1.807) is 18.5 Å². The Kier molecular flexibility index (Phi) is 5.87. The first kappa shape index (κ1) is 18.4. The van der Waals surface area contributed by atoms with Gasteiger partial charge in [0.1, 0.15) is 0 Å². The number of thioether (sulfide) groups is 1. The third-order valence-electron chi connectivity index (χ3n) is 4.13. The molecule has 1 aliphatic heterocycles. The Morgan fingerprint density at radius 2 is 1.92 bits per heavy atom. The summed E-state index contributed by atoms with van der Waals surface area (Å²) in [5.74, 6) is 1.16. The molecule has 1 saturated heterocycles. The van der Waals surface area contributed by atoms with Crippen molar-refractivity contribution in [2.45, 2.75) is 24.9 Å². The van der Waals surface area contributed by atoms with Crippen molar-refractivity contribution in [3.05, 3.63) is 40.6 Å². The van der Waals surface area contributed by atoms with E-state index in [0.717, 1.165) is 5.69 Å². The number of anilines is 1. The molecule has 0 unspecified atom stereocenters. The molecule has 3 rings (SSSR count). The average molecular weight is 374 g/mol. The largest absolute Gasteiger partial charge is 0.338 e. The predicted molar refractivity (Wildman–Crippen MR) is 100 cm³/mol. The highest BCUT2D eigenvalue weighted by Gasteiger charge is 2.22. The summed E-state index contributed by atoms with van der Waals surface area (Å²) < 4.78 is 0. The van der Waals surface area contributed by atoms with Gasteiger partial charge >= 0.3 is 0 Å². The van der Waals surface area contributed by atoms with Crippen LogP contribution >= 0.6 is 11.8 Å². The molecule has 2 aromatic heterocycles. The van der Waals surface area contributed by atoms with E-state index in [-0.39, 0.29) is 23.1 Å². The smallest absolute Gasteiger partial charge is 0.251 e. The molecule has 1 fully saturated rings. The SMILES string of the molecule is CC(C)c1cc(=O)[nH]c(SCC(=O)N2CCN(c3ncccn3)CC2)n1. The molecule has 26 heavy (non-hydrogen) atoms. The maximum atomic E-state index is 12.5. The summed E-state index contributed by atoms with van der Waals surface area (Å²) in [6.07, 6.45) is 3.44. The molecule has 3 heterocycles. The second-order valence-corrected chi connectivity index (χ2v) is 7.30. The number of rotatable bonds is 5. The molecule has 2 aromatic rings. The summed E-state index contributed by atoms with van der Waals surface area (Å²) in [5, 5.41) is 0.492. The molecule has 9 heteroatoms. The van der Waals surface area contributed by atoms with Crippen molar-refractivity contribution in [2.24, 2.45) is 0 Å². The van der Waals surface area contributed by atoms with Crippen LogP contribution in [0.1, 0.15) is 25.5 Å². The van der Waals surface area contributed by atoms with Gasteiger partial charge in [-0.15, -0.1) is 0 Å². The van der Waals surface area contributed by atoms with Crippen molar-refractivity contribution in [3.8, 4) is 0 Å². The lowest BCUT2D eigenvalue weighted by Gasteiger charge is -2.34. The van der Waals surface area contributed by atoms with Crippen LogP contribution in [0, 0.1) is 0 Å². The van der Waals surface area contributed by atoms with Crippen molar-refractivity contribution >= 4 is 23.6 Å². The Hall–Kier alpha value is -2.42. The molecule has 0 saturated carbocycles. The maximum absolute atomic E-state index is 12.5. The van der Waals surface area contributed by atoms with Gasteiger partial charge < -0.3 is 14.8 Å². The third kappa shape index (κ3) is 4.60. The number of nitrogens with one attached hydrogen (secondary N) is 1. The molecule has 0 bridgehead atoms. The molecular weight excluding hydrogens is 352 g/mol. The summed E-state index contributed by atoms with van der Waals surface area (Å²) in [5.41, 5.74) is 0.551. The number of aromatic nitrogens is 4. The summed E-state index contributed by atoms with van der Waals surface area (Å²) >= 11 is 1.27. The van der Waals surface area contributed by atoms with Crippen molar-refractivity contribution in [3.63, 3.8) is 0 Å². The summed E-state index contributed by atoms with van der Waals surface area (Å²) in [6, 6.07) is 3.29. The monoisotopic (exact) mass is 374 g/mol. The molecule has 1 amide bonds. The van der Waals surface area contributed by atoms with Crippen LogP contribution in [-0.4, -0.2) is 62.7 Å². The molecule has 0 aliphatic carbocycles. The molecule has 0 radical (unpaired) electrons. The first-order chi connectivity index (χ1) is 12.5. The topological polar surface area (TPSA) is 95.1 Å². The van der Waals surface area contributed by atoms with E-state index >= 15 is 0 Å². The Morgan fingerprint density at radius 3 is 2.58 bits per heavy atom. The zero-order chi connectivity index (χ0) is 18.5. The van der Waals surface area contributed by atoms with Crippen LogP contribution in [0.3, 0.4) is 0 Å². The standard InChI is InChI=1S/C17H22N6O2S/c1-12(2)13-10-14(24)21-17(20-13)26-11-15(25)22-6-8-23(9-7-22)16-18-4-3-5-19-16/h3-5,10,12H,6-9,11H2,1-2H3,(H,20,21,24). The van der Waals surface area contributed by atoms with Gasteiger partial charge in [-0.05, 0) is 12.0 Å². The van der Waals surface area contributed by atoms with Crippen molar-refractivity contribution in [1.82, 2.24) is 24.8 Å². The molecule has 1 N–H and O–H groups in total. The van der Waals surface area contributed by atoms with Crippen LogP contribution in [0.25, 0.3) is 0 Å². The minimum Gasteiger partial charge on any atom is -0.338 e. The lowest BCUT2D eigenvalue weighted by atomic mass is 10.1. The molecule has 0 spiro atoms. The molecule has 1 aliphatic rings. The van der Waals surface area contributed by atoms with E-state index in [9.17, 15) is 9.59 Å². The van der Waals surface area contributed by atoms with E-state index in [1.807, 2.05) is 18.7 Å². The van der Waals surface area contributed by atoms with Gasteiger partial charge in [0.05, 0.1) is 11.4 Å². The van der Waals surface area contributed by atoms with Crippen molar-refractivity contribution in [1.29, 1.82) is 0 Å². The summed E-state index contributed by atoms with van der Waals surface area (Å²) in [7, 11) is 0. The van der Waals surface area contributed by atoms with Gasteiger partial charge in [0.15, 0.2) is 5.16 Å². The van der Waals surface area contributed by atoms with E-state index in [1.165, 1.54) is 17.8 Å². The van der Waals surface area contributed by atoms with Gasteiger partial charge in [0.25, 0.3) is 5.56 Å². The zero-order valence-corrected chi connectivity index (χ0v) is 15.7. The van der Waals surface area contributed by atoms with Gasteiger partial charge in [-0.1, -0.05) is 25.6 Å². The second kappa shape index (κ2) is 8.31. The minimum atomic E-state index is -0.185. The molecule has 0 atom stereocenters. The quantitative estimate of drug-likeness (QED) is 0.619. The fourth-order valence-electron chi connectivity index (χ4n) is 2.65. The number of carbonyl (C=O) groups excluding carboxylic acids is 1. The minimum absolute atomic E-state index is 0.0428. The Balaban J connectivity index is 1.53. The number of aromatic amines is 1. The van der Waals surface area contributed by atoms with Crippen LogP contribution in [0.15, 0.2) is 34.5 Å². The molecule has 0 aromatic carbocycles. The first-order valence-electron chi connectivity index (χ1n) is 8.56. The fraction of sp³-hybridized carbons (Fsp3) is 0.471. The highest BCUT2D eigenvalue weighted by molar-refractivity contribution is 7.99. The van der Waals surface area contributed by atoms with E-state index in [4.69, 9.17) is 0 Å². The normalized spacial score (nSPS) is 14.7. The highest BCUT2D eigenvalue weighted by atomic mass is 32.2. The predicted octanol–water partition coefficient (Wildman–Crippen LogP) is 1.12. The van der Waals surface area contributed by atoms with Gasteiger partial charge in [-0.2, -0.15) is 0 Å². The maximum Gasteiger partial charge on any atom is 0.251 e. The van der Waals surface area contributed by atoms with E-state index < -0.39 is 0 Å². The number of hydrogen-bond acceptors (Lipinski definition) is 7. The lowest BCUT2D eigenvalue weighted by Crippen LogP contribution is -2.49. The Morgan fingerprint density at radius 1 is 1.23 bits per heavy atom. The van der Waals surface area contributed by atoms with Crippen LogP contribution < -0.4 is 10.5 Å². The number of H-pyrrole nitrogens is 1. The van der Waals surface area contributed by atoms with Crippen LogP contribution in [-0.2, 0) is 4.79 Å². The first-order valence-corrected chi connectivity index (χ1v) is 9.55. The number of piperazine rings is 1. The van der Waals surface area contributed by atoms with Crippen molar-refractivity contribution < 1.29 is 4.79 Å². The van der Waals surface area contributed by atoms with Crippen LogP contribution in [0.2, 0.25) is 0 Å². The zero-order valence-electron chi connectivity index (χ0n) is 14.9. The van der Waals surface area contributed by atoms with Crippen LogP contribution in [0.5, 0.6) is 0 Å². The summed E-state index contributed by atoms with van der Waals surface area (Å²) in [6.45, 7) is 6.65. The van der Waals surface area contributed by atoms with Gasteiger partial charge in [0, 0.05) is 44.6 Å². The van der Waals surface area contributed by atoms with E-state index in [0.29, 0.717) is 37.3 Å². The van der Waals surface area contributed by atoms with Gasteiger partial charge in [-0.3, -0.25) is 9.59 Å². The molecule has 8 nitrogen and oxygen atoms in total. The number of carbonyl (C=O) groups is 1. The molecular formula is C17H22N6O2S. The second-order valence-electron chi connectivity index (χ2n) is 6.34. The molecule has 138 valence electrons. The summed E-state index contributed by atoms with van der Waals surface area (Å²) in [4.78, 5) is 43.7. The number of hydrogen-bond donors (Lipinski definition) is 1. The van der Waals surface area contributed by atoms with Gasteiger partial charge in [-0.25, -0.2) is 15.0 Å². The van der Waals surface area contributed by atoms with Crippen molar-refractivity contribution in [2.75, 3.05) is 36.8 Å². The fourth-order valence-corrected chi connectivity index (χ4v) is 3.43. The lowest BCUT2D eigenvalue weighted by molar-refractivity contribution is -0.128. The number of amides is 1. The van der Waals surface area contributed by atoms with Gasteiger partial charge in [0.2, 0.25) is 11.9 Å². The Bertz CT molecular complexity index is 802. The van der Waals surface area contributed by atoms with E-state index in [2.05, 4.69) is 24.8 Å². The highest BCUT2D eigenvalue weighted by Crippen LogP contribution is 2.17. The number of nitrogens with zero attached hydrogens (tertiary/aromatic N) is 5. The van der Waals surface area contributed by atoms with Crippen LogP contribution in [0.4, 0.5) is 5.95 Å². The Labute approximate surface area is 156 Å².